The summed E-state index contributed by atoms with van der Waals surface area (Å²) in [5, 5.41) is 3.14. The Morgan fingerprint density at radius 3 is 2.38 bits per heavy atom. The molecule has 5 heteroatoms. The summed E-state index contributed by atoms with van der Waals surface area (Å²) in [5.74, 6) is -1.81. The fourth-order valence-corrected chi connectivity index (χ4v) is 2.45. The van der Waals surface area contributed by atoms with Crippen LogP contribution in [0.25, 0.3) is 0 Å². The van der Waals surface area contributed by atoms with Crippen LogP contribution in [0, 0.1) is 17.5 Å². The number of hydrogen-bond donors (Lipinski definition) is 1. The number of halogens is 4. The second-order valence-corrected chi connectivity index (χ2v) is 5.14. The van der Waals surface area contributed by atoms with E-state index in [-0.39, 0.29) is 11.4 Å². The second-order valence-electron chi connectivity index (χ2n) is 4.73. The lowest BCUT2D eigenvalue weighted by molar-refractivity contribution is 0.515. The number of rotatable bonds is 5. The minimum absolute atomic E-state index is 0.0353. The minimum Gasteiger partial charge on any atom is -0.310 e. The van der Waals surface area contributed by atoms with Gasteiger partial charge in [0.25, 0.3) is 0 Å². The molecule has 0 aliphatic rings. The van der Waals surface area contributed by atoms with Gasteiger partial charge in [0.2, 0.25) is 0 Å². The molecule has 0 saturated carbocycles. The number of likely N-dealkylation sites (N-methyl/N-ethyl adjacent to an activating group) is 1. The van der Waals surface area contributed by atoms with Crippen LogP contribution in [0.4, 0.5) is 13.2 Å². The first-order chi connectivity index (χ1) is 10.0. The molecule has 0 aliphatic carbocycles. The fourth-order valence-electron chi connectivity index (χ4n) is 2.26. The van der Waals surface area contributed by atoms with Crippen molar-refractivity contribution in [1.29, 1.82) is 0 Å². The van der Waals surface area contributed by atoms with Crippen molar-refractivity contribution in [3.8, 4) is 0 Å². The highest BCUT2D eigenvalue weighted by atomic mass is 35.5. The van der Waals surface area contributed by atoms with E-state index in [0.29, 0.717) is 17.7 Å². The van der Waals surface area contributed by atoms with Gasteiger partial charge >= 0.3 is 0 Å². The first kappa shape index (κ1) is 15.9. The van der Waals surface area contributed by atoms with Gasteiger partial charge in [-0.1, -0.05) is 30.7 Å². The highest BCUT2D eigenvalue weighted by molar-refractivity contribution is 6.30. The molecule has 0 heterocycles. The van der Waals surface area contributed by atoms with Gasteiger partial charge in [-0.25, -0.2) is 13.2 Å². The van der Waals surface area contributed by atoms with Gasteiger partial charge < -0.3 is 5.32 Å². The summed E-state index contributed by atoms with van der Waals surface area (Å²) in [5.41, 5.74) is 0.840. The van der Waals surface area contributed by atoms with Gasteiger partial charge in [-0.3, -0.25) is 0 Å². The molecule has 0 aliphatic heterocycles. The lowest BCUT2D eigenvalue weighted by Crippen LogP contribution is -2.23. The molecule has 2 aromatic carbocycles. The first-order valence-corrected chi connectivity index (χ1v) is 7.01. The van der Waals surface area contributed by atoms with Gasteiger partial charge in [0.1, 0.15) is 17.5 Å². The minimum atomic E-state index is -0.653. The van der Waals surface area contributed by atoms with Crippen LogP contribution >= 0.6 is 11.6 Å². The van der Waals surface area contributed by atoms with Crippen LogP contribution in [0.1, 0.15) is 24.1 Å². The van der Waals surface area contributed by atoms with Gasteiger partial charge in [-0.15, -0.1) is 0 Å². The summed E-state index contributed by atoms with van der Waals surface area (Å²) in [6.45, 7) is 2.46. The van der Waals surface area contributed by atoms with E-state index in [1.807, 2.05) is 6.92 Å². The molecule has 21 heavy (non-hydrogen) atoms. The molecule has 1 unspecified atom stereocenters. The SMILES string of the molecule is CCNC(Cc1cccc(Cl)c1F)c1cc(F)cc(F)c1. The van der Waals surface area contributed by atoms with Crippen molar-refractivity contribution >= 4 is 11.6 Å². The van der Waals surface area contributed by atoms with Gasteiger partial charge in [0.05, 0.1) is 5.02 Å². The zero-order chi connectivity index (χ0) is 15.4. The van der Waals surface area contributed by atoms with Crippen LogP contribution in [-0.4, -0.2) is 6.54 Å². The van der Waals surface area contributed by atoms with E-state index in [1.54, 1.807) is 12.1 Å². The Morgan fingerprint density at radius 2 is 1.76 bits per heavy atom. The van der Waals surface area contributed by atoms with Crippen molar-refractivity contribution in [3.05, 3.63) is 70.0 Å². The molecule has 0 fully saturated rings. The van der Waals surface area contributed by atoms with Crippen LogP contribution < -0.4 is 5.32 Å². The van der Waals surface area contributed by atoms with Crippen LogP contribution in [-0.2, 0) is 6.42 Å². The van der Waals surface area contributed by atoms with E-state index in [4.69, 9.17) is 11.6 Å². The van der Waals surface area contributed by atoms with Gasteiger partial charge in [0.15, 0.2) is 0 Å². The fraction of sp³-hybridized carbons (Fsp3) is 0.250. The largest absolute Gasteiger partial charge is 0.310 e. The molecule has 1 atom stereocenters. The summed E-state index contributed by atoms with van der Waals surface area (Å²) < 4.78 is 40.7. The summed E-state index contributed by atoms with van der Waals surface area (Å²) in [4.78, 5) is 0. The van der Waals surface area contributed by atoms with Crippen LogP contribution in [0.3, 0.4) is 0 Å². The maximum Gasteiger partial charge on any atom is 0.145 e. The molecule has 2 aromatic rings. The third-order valence-corrected chi connectivity index (χ3v) is 3.49. The average Bonchev–Trinajstić information content (AvgIpc) is 2.42. The molecule has 1 N–H and O–H groups in total. The molecule has 0 spiro atoms. The predicted molar refractivity (Wildman–Crippen MR) is 77.9 cm³/mol. The molecule has 2 rings (SSSR count). The molecular weight excluding hydrogens is 299 g/mol. The lowest BCUT2D eigenvalue weighted by Gasteiger charge is -2.19. The normalized spacial score (nSPS) is 12.4. The predicted octanol–water partition coefficient (Wildman–Crippen LogP) is 4.65. The topological polar surface area (TPSA) is 12.0 Å². The maximum absolute atomic E-state index is 14.0. The third kappa shape index (κ3) is 3.99. The maximum atomic E-state index is 14.0. The van der Waals surface area contributed by atoms with Crippen LogP contribution in [0.2, 0.25) is 5.02 Å². The Balaban J connectivity index is 2.32. The molecular formula is C16H15ClF3N. The zero-order valence-electron chi connectivity index (χ0n) is 11.5. The van der Waals surface area contributed by atoms with E-state index in [0.717, 1.165) is 6.07 Å². The second kappa shape index (κ2) is 6.96. The molecule has 0 aromatic heterocycles. The molecule has 112 valence electrons. The Kier molecular flexibility index (Phi) is 5.26. The van der Waals surface area contributed by atoms with Crippen molar-refractivity contribution in [2.24, 2.45) is 0 Å². The van der Waals surface area contributed by atoms with E-state index in [1.165, 1.54) is 18.2 Å². The van der Waals surface area contributed by atoms with Crippen molar-refractivity contribution < 1.29 is 13.2 Å². The van der Waals surface area contributed by atoms with E-state index < -0.39 is 23.5 Å². The number of hydrogen-bond acceptors (Lipinski definition) is 1. The molecule has 0 amide bonds. The van der Waals surface area contributed by atoms with E-state index in [2.05, 4.69) is 5.32 Å². The molecule has 0 saturated heterocycles. The van der Waals surface area contributed by atoms with Crippen molar-refractivity contribution in [2.75, 3.05) is 6.54 Å². The highest BCUT2D eigenvalue weighted by Crippen LogP contribution is 2.25. The Hall–Kier alpha value is -1.52. The third-order valence-electron chi connectivity index (χ3n) is 3.19. The Labute approximate surface area is 126 Å². The summed E-state index contributed by atoms with van der Waals surface area (Å²) in [7, 11) is 0. The van der Waals surface area contributed by atoms with Crippen molar-refractivity contribution in [2.45, 2.75) is 19.4 Å². The van der Waals surface area contributed by atoms with Crippen LogP contribution in [0.5, 0.6) is 0 Å². The Morgan fingerprint density at radius 1 is 1.10 bits per heavy atom. The zero-order valence-corrected chi connectivity index (χ0v) is 12.2. The monoisotopic (exact) mass is 313 g/mol. The summed E-state index contributed by atoms with van der Waals surface area (Å²) >= 11 is 5.76. The van der Waals surface area contributed by atoms with Crippen molar-refractivity contribution in [3.63, 3.8) is 0 Å². The number of benzene rings is 2. The summed E-state index contributed by atoms with van der Waals surface area (Å²) in [6, 6.07) is 7.64. The van der Waals surface area contributed by atoms with Crippen LogP contribution in [0.15, 0.2) is 36.4 Å². The molecule has 1 nitrogen and oxygen atoms in total. The number of nitrogens with one attached hydrogen (secondary N) is 1. The average molecular weight is 314 g/mol. The molecule has 0 bridgehead atoms. The smallest absolute Gasteiger partial charge is 0.145 e. The first-order valence-electron chi connectivity index (χ1n) is 6.63. The van der Waals surface area contributed by atoms with Crippen molar-refractivity contribution in [1.82, 2.24) is 5.32 Å². The summed E-state index contributed by atoms with van der Waals surface area (Å²) in [6.07, 6.45) is 0.253. The van der Waals surface area contributed by atoms with E-state index in [9.17, 15) is 13.2 Å². The van der Waals surface area contributed by atoms with Gasteiger partial charge in [-0.2, -0.15) is 0 Å². The standard InChI is InChI=1S/C16H15ClF3N/c1-2-21-15(11-6-12(18)9-13(19)7-11)8-10-4-3-5-14(17)16(10)20/h3-7,9,15,21H,2,8H2,1H3. The quantitative estimate of drug-likeness (QED) is 0.847. The Bertz CT molecular complexity index is 611. The van der Waals surface area contributed by atoms with Gasteiger partial charge in [0, 0.05) is 12.1 Å². The highest BCUT2D eigenvalue weighted by Gasteiger charge is 2.16. The van der Waals surface area contributed by atoms with Gasteiger partial charge in [-0.05, 0) is 42.3 Å². The van der Waals surface area contributed by atoms with E-state index >= 15 is 0 Å². The molecule has 0 radical (unpaired) electrons. The lowest BCUT2D eigenvalue weighted by atomic mass is 9.98.